The molecule has 1 saturated heterocycles. The van der Waals surface area contributed by atoms with Crippen molar-refractivity contribution in [3.63, 3.8) is 0 Å². The minimum atomic E-state index is 0.458. The fourth-order valence-electron chi connectivity index (χ4n) is 2.69. The van der Waals surface area contributed by atoms with Crippen LogP contribution in [0.3, 0.4) is 0 Å². The summed E-state index contributed by atoms with van der Waals surface area (Å²) in [5.74, 6) is 0.654. The van der Waals surface area contributed by atoms with Crippen LogP contribution in [-0.4, -0.2) is 32.3 Å². The van der Waals surface area contributed by atoms with Crippen molar-refractivity contribution in [2.24, 2.45) is 5.92 Å². The number of ether oxygens (including phenoxy) is 1. The largest absolute Gasteiger partial charge is 0.377 e. The number of nitrogens with one attached hydrogen (secondary N) is 1. The lowest BCUT2D eigenvalue weighted by Gasteiger charge is -2.37. The summed E-state index contributed by atoms with van der Waals surface area (Å²) in [7, 11) is 0. The normalized spacial score (nSPS) is 19.3. The summed E-state index contributed by atoms with van der Waals surface area (Å²) in [6, 6.07) is 6.89. The molecule has 0 spiro atoms. The van der Waals surface area contributed by atoms with Gasteiger partial charge in [0.1, 0.15) is 0 Å². The third kappa shape index (κ3) is 4.60. The zero-order valence-electron chi connectivity index (χ0n) is 13.4. The summed E-state index contributed by atoms with van der Waals surface area (Å²) >= 11 is 6.46. The molecule has 1 N–H and O–H groups in total. The fourth-order valence-corrected chi connectivity index (χ4v) is 2.93. The van der Waals surface area contributed by atoms with Crippen LogP contribution in [0, 0.1) is 5.92 Å². The highest BCUT2D eigenvalue weighted by atomic mass is 35.5. The van der Waals surface area contributed by atoms with E-state index in [1.165, 1.54) is 11.3 Å². The molecule has 0 bridgehead atoms. The van der Waals surface area contributed by atoms with Crippen LogP contribution in [0.1, 0.15) is 32.8 Å². The predicted molar refractivity (Wildman–Crippen MR) is 90.2 cm³/mol. The molecule has 1 aromatic rings. The van der Waals surface area contributed by atoms with Crippen molar-refractivity contribution in [3.05, 3.63) is 28.8 Å². The second kappa shape index (κ2) is 8.02. The van der Waals surface area contributed by atoms with E-state index in [0.29, 0.717) is 12.0 Å². The Kier molecular flexibility index (Phi) is 6.34. The minimum absolute atomic E-state index is 0.458. The minimum Gasteiger partial charge on any atom is -0.377 e. The van der Waals surface area contributed by atoms with Gasteiger partial charge in [-0.2, -0.15) is 0 Å². The van der Waals surface area contributed by atoms with E-state index in [-0.39, 0.29) is 0 Å². The topological polar surface area (TPSA) is 24.5 Å². The summed E-state index contributed by atoms with van der Waals surface area (Å²) < 4.78 is 5.57. The summed E-state index contributed by atoms with van der Waals surface area (Å²) in [5.41, 5.74) is 2.38. The van der Waals surface area contributed by atoms with E-state index < -0.39 is 0 Å². The Balaban J connectivity index is 2.03. The highest BCUT2D eigenvalue weighted by molar-refractivity contribution is 6.31. The zero-order chi connectivity index (χ0) is 15.2. The summed E-state index contributed by atoms with van der Waals surface area (Å²) in [6.07, 6.45) is 1.09. The van der Waals surface area contributed by atoms with Crippen molar-refractivity contribution in [1.29, 1.82) is 0 Å². The highest BCUT2D eigenvalue weighted by Gasteiger charge is 2.22. The monoisotopic (exact) mass is 310 g/mol. The number of hydrogen-bond acceptors (Lipinski definition) is 3. The first-order valence-corrected chi connectivity index (χ1v) is 8.33. The molecular weight excluding hydrogens is 284 g/mol. The Morgan fingerprint density at radius 3 is 2.90 bits per heavy atom. The molecule has 1 unspecified atom stereocenters. The Bertz CT molecular complexity index is 450. The first-order valence-electron chi connectivity index (χ1n) is 7.95. The van der Waals surface area contributed by atoms with E-state index in [4.69, 9.17) is 16.3 Å². The lowest BCUT2D eigenvalue weighted by Crippen LogP contribution is -2.45. The van der Waals surface area contributed by atoms with Crippen LogP contribution < -0.4 is 10.2 Å². The molecule has 0 aromatic heterocycles. The van der Waals surface area contributed by atoms with E-state index in [1.54, 1.807) is 0 Å². The van der Waals surface area contributed by atoms with E-state index in [0.717, 1.165) is 44.3 Å². The maximum atomic E-state index is 6.46. The Morgan fingerprint density at radius 2 is 2.24 bits per heavy atom. The van der Waals surface area contributed by atoms with Crippen LogP contribution in [0.25, 0.3) is 0 Å². The van der Waals surface area contributed by atoms with Crippen molar-refractivity contribution in [2.45, 2.75) is 39.8 Å². The first-order chi connectivity index (χ1) is 10.1. The van der Waals surface area contributed by atoms with E-state index in [2.05, 4.69) is 49.2 Å². The van der Waals surface area contributed by atoms with Gasteiger partial charge in [0.25, 0.3) is 0 Å². The van der Waals surface area contributed by atoms with E-state index in [1.807, 2.05) is 0 Å². The van der Waals surface area contributed by atoms with E-state index >= 15 is 0 Å². The van der Waals surface area contributed by atoms with Gasteiger partial charge in [-0.15, -0.1) is 0 Å². The molecular formula is C17H27ClN2O. The Hall–Kier alpha value is -0.770. The third-order valence-electron chi connectivity index (χ3n) is 3.94. The fraction of sp³-hybridized carbons (Fsp3) is 0.647. The van der Waals surface area contributed by atoms with E-state index in [9.17, 15) is 0 Å². The van der Waals surface area contributed by atoms with Gasteiger partial charge >= 0.3 is 0 Å². The molecule has 1 atom stereocenters. The molecule has 118 valence electrons. The van der Waals surface area contributed by atoms with Gasteiger partial charge in [0.05, 0.1) is 19.3 Å². The molecule has 0 saturated carbocycles. The number of rotatable bonds is 6. The molecule has 1 aliphatic rings. The molecule has 0 radical (unpaired) electrons. The number of benzene rings is 1. The molecule has 21 heavy (non-hydrogen) atoms. The summed E-state index contributed by atoms with van der Waals surface area (Å²) in [6.45, 7) is 11.0. The number of hydrogen-bond donors (Lipinski definition) is 1. The maximum absolute atomic E-state index is 6.46. The molecule has 1 fully saturated rings. The summed E-state index contributed by atoms with van der Waals surface area (Å²) in [5, 5.41) is 4.29. The van der Waals surface area contributed by atoms with Crippen LogP contribution in [0.4, 0.5) is 5.69 Å². The molecule has 1 heterocycles. The average molecular weight is 311 g/mol. The molecule has 3 nitrogen and oxygen atoms in total. The van der Waals surface area contributed by atoms with Gasteiger partial charge in [0, 0.05) is 23.8 Å². The van der Waals surface area contributed by atoms with Crippen LogP contribution in [0.2, 0.25) is 5.02 Å². The standard InChI is InChI=1S/C17H27ClN2O/c1-4-15-12-21-8-7-20(15)16-6-5-14(17(18)9-16)11-19-10-13(2)3/h5-6,9,13,15,19H,4,7-8,10-12H2,1-3H3. The molecule has 0 aliphatic carbocycles. The van der Waals surface area contributed by atoms with Gasteiger partial charge in [0.2, 0.25) is 0 Å². The smallest absolute Gasteiger partial charge is 0.0670 e. The molecule has 4 heteroatoms. The molecule has 0 amide bonds. The van der Waals surface area contributed by atoms with Gasteiger partial charge in [-0.05, 0) is 36.6 Å². The lowest BCUT2D eigenvalue weighted by atomic mass is 10.1. The van der Waals surface area contributed by atoms with Crippen LogP contribution in [0.15, 0.2) is 18.2 Å². The van der Waals surface area contributed by atoms with Gasteiger partial charge in [0.15, 0.2) is 0 Å². The molecule has 1 aliphatic heterocycles. The quantitative estimate of drug-likeness (QED) is 0.867. The number of anilines is 1. The van der Waals surface area contributed by atoms with Crippen LogP contribution >= 0.6 is 11.6 Å². The van der Waals surface area contributed by atoms with Crippen molar-refractivity contribution < 1.29 is 4.74 Å². The SMILES string of the molecule is CCC1COCCN1c1ccc(CNCC(C)C)c(Cl)c1. The van der Waals surface area contributed by atoms with Crippen LogP contribution in [-0.2, 0) is 11.3 Å². The lowest BCUT2D eigenvalue weighted by molar-refractivity contribution is 0.0930. The number of halogens is 1. The van der Waals surface area contributed by atoms with Gasteiger partial charge in [-0.25, -0.2) is 0 Å². The van der Waals surface area contributed by atoms with Gasteiger partial charge < -0.3 is 15.0 Å². The Labute approximate surface area is 133 Å². The third-order valence-corrected chi connectivity index (χ3v) is 4.29. The van der Waals surface area contributed by atoms with Crippen molar-refractivity contribution in [1.82, 2.24) is 5.32 Å². The van der Waals surface area contributed by atoms with Gasteiger partial charge in [-0.3, -0.25) is 0 Å². The summed E-state index contributed by atoms with van der Waals surface area (Å²) in [4.78, 5) is 2.42. The van der Waals surface area contributed by atoms with Crippen molar-refractivity contribution in [2.75, 3.05) is 31.2 Å². The number of morpholine rings is 1. The van der Waals surface area contributed by atoms with Crippen LogP contribution in [0.5, 0.6) is 0 Å². The van der Waals surface area contributed by atoms with Crippen molar-refractivity contribution in [3.8, 4) is 0 Å². The second-order valence-electron chi connectivity index (χ2n) is 6.13. The molecule has 1 aromatic carbocycles. The second-order valence-corrected chi connectivity index (χ2v) is 6.54. The first kappa shape index (κ1) is 16.6. The van der Waals surface area contributed by atoms with Gasteiger partial charge in [-0.1, -0.05) is 38.4 Å². The number of nitrogens with zero attached hydrogens (tertiary/aromatic N) is 1. The zero-order valence-corrected chi connectivity index (χ0v) is 14.1. The predicted octanol–water partition coefficient (Wildman–Crippen LogP) is 3.70. The molecule has 2 rings (SSSR count). The average Bonchev–Trinajstić information content (AvgIpc) is 2.48. The maximum Gasteiger partial charge on any atom is 0.0670 e. The van der Waals surface area contributed by atoms with Crippen molar-refractivity contribution >= 4 is 17.3 Å². The highest BCUT2D eigenvalue weighted by Crippen LogP contribution is 2.27. The Morgan fingerprint density at radius 1 is 1.43 bits per heavy atom.